The van der Waals surface area contributed by atoms with Gasteiger partial charge in [0.15, 0.2) is 0 Å². The molecule has 2 N–H and O–H groups in total. The number of nitriles is 1. The number of rotatable bonds is 2. The first kappa shape index (κ1) is 28.8. The molecule has 3 amide bonds. The minimum atomic E-state index is -4.53. The zero-order valence-electron chi connectivity index (χ0n) is 23.9. The zero-order chi connectivity index (χ0) is 30.7. The van der Waals surface area contributed by atoms with Crippen molar-refractivity contribution in [3.63, 3.8) is 0 Å². The molecule has 4 heterocycles. The monoisotopic (exact) mass is 591 g/mol. The van der Waals surface area contributed by atoms with Crippen LogP contribution in [0.1, 0.15) is 66.7 Å². The van der Waals surface area contributed by atoms with Gasteiger partial charge >= 0.3 is 6.18 Å². The van der Waals surface area contributed by atoms with Gasteiger partial charge in [0.2, 0.25) is 11.8 Å². The number of nitrogens with zero attached hydrogens (tertiary/aromatic N) is 3. The van der Waals surface area contributed by atoms with Gasteiger partial charge in [0.25, 0.3) is 5.91 Å². The Morgan fingerprint density at radius 3 is 2.60 bits per heavy atom. The second-order valence-corrected chi connectivity index (χ2v) is 12.2. The minimum Gasteiger partial charge on any atom is -0.351 e. The molecule has 0 saturated carbocycles. The lowest BCUT2D eigenvalue weighted by Gasteiger charge is -2.37. The molecule has 6 rings (SSSR count). The summed E-state index contributed by atoms with van der Waals surface area (Å²) < 4.78 is 40.0. The number of H-pyrrole nitrogens is 1. The number of halogens is 3. The highest BCUT2D eigenvalue weighted by molar-refractivity contribution is 6.08. The van der Waals surface area contributed by atoms with E-state index in [0.29, 0.717) is 17.5 Å². The van der Waals surface area contributed by atoms with Gasteiger partial charge in [-0.25, -0.2) is 0 Å². The zero-order valence-corrected chi connectivity index (χ0v) is 23.9. The Morgan fingerprint density at radius 2 is 1.88 bits per heavy atom. The van der Waals surface area contributed by atoms with Crippen molar-refractivity contribution in [2.24, 2.45) is 5.92 Å². The topological polar surface area (TPSA) is 109 Å². The highest BCUT2D eigenvalue weighted by Crippen LogP contribution is 2.47. The van der Waals surface area contributed by atoms with E-state index in [9.17, 15) is 32.8 Å². The Balaban J connectivity index is 1.40. The number of amides is 3. The van der Waals surface area contributed by atoms with Crippen LogP contribution in [0.25, 0.3) is 10.9 Å². The molecule has 3 atom stereocenters. The van der Waals surface area contributed by atoms with Crippen LogP contribution in [0.5, 0.6) is 0 Å². The summed E-state index contributed by atoms with van der Waals surface area (Å²) in [6, 6.07) is 11.1. The number of anilines is 1. The van der Waals surface area contributed by atoms with Crippen LogP contribution in [0.4, 0.5) is 18.9 Å². The van der Waals surface area contributed by atoms with E-state index < -0.39 is 41.1 Å². The third-order valence-corrected chi connectivity index (χ3v) is 9.10. The molecule has 11 heteroatoms. The van der Waals surface area contributed by atoms with Crippen LogP contribution in [-0.4, -0.2) is 57.7 Å². The Hall–Kier alpha value is -4.33. The van der Waals surface area contributed by atoms with Crippen molar-refractivity contribution < 1.29 is 27.6 Å². The van der Waals surface area contributed by atoms with Crippen LogP contribution in [-0.2, 0) is 27.6 Å². The summed E-state index contributed by atoms with van der Waals surface area (Å²) in [7, 11) is 0. The van der Waals surface area contributed by atoms with Crippen molar-refractivity contribution in [3.05, 3.63) is 64.8 Å². The SMILES string of the molecule is CC(C)[C@H]1C(=O)N2C[C@]3(C[C@H]2C#N)C(=O)Nc2ccc(cc23)CCCCCN1C(=O)c1cc2ccc(C(F)(F)F)cc2[nH]1. The summed E-state index contributed by atoms with van der Waals surface area (Å²) in [5, 5.41) is 13.5. The van der Waals surface area contributed by atoms with Crippen LogP contribution in [0.15, 0.2) is 42.5 Å². The summed E-state index contributed by atoms with van der Waals surface area (Å²) in [4.78, 5) is 47.7. The molecular formula is C32H32F3N5O3. The van der Waals surface area contributed by atoms with E-state index in [4.69, 9.17) is 0 Å². The maximum Gasteiger partial charge on any atom is 0.416 e. The molecule has 0 aliphatic carbocycles. The van der Waals surface area contributed by atoms with Gasteiger partial charge in [-0.2, -0.15) is 18.4 Å². The van der Waals surface area contributed by atoms with E-state index in [-0.39, 0.29) is 42.5 Å². The summed E-state index contributed by atoms with van der Waals surface area (Å²) >= 11 is 0. The first-order chi connectivity index (χ1) is 20.4. The molecular weight excluding hydrogens is 559 g/mol. The number of aromatic amines is 1. The molecule has 1 aromatic heterocycles. The van der Waals surface area contributed by atoms with Crippen molar-refractivity contribution >= 4 is 34.3 Å². The van der Waals surface area contributed by atoms with Gasteiger partial charge in [0.05, 0.1) is 17.0 Å². The maximum atomic E-state index is 14.4. The average Bonchev–Trinajstić information content (AvgIpc) is 3.64. The van der Waals surface area contributed by atoms with Crippen molar-refractivity contribution in [2.75, 3.05) is 18.4 Å². The van der Waals surface area contributed by atoms with Gasteiger partial charge in [-0.05, 0) is 60.6 Å². The fourth-order valence-electron chi connectivity index (χ4n) is 6.90. The molecule has 1 saturated heterocycles. The van der Waals surface area contributed by atoms with Crippen molar-refractivity contribution in [3.8, 4) is 6.07 Å². The van der Waals surface area contributed by atoms with Crippen molar-refractivity contribution in [1.82, 2.24) is 14.8 Å². The number of alkyl halides is 3. The maximum absolute atomic E-state index is 14.4. The smallest absolute Gasteiger partial charge is 0.351 e. The molecule has 8 nitrogen and oxygen atoms in total. The van der Waals surface area contributed by atoms with Crippen LogP contribution >= 0.6 is 0 Å². The van der Waals surface area contributed by atoms with E-state index in [1.54, 1.807) is 0 Å². The van der Waals surface area contributed by atoms with Gasteiger partial charge in [0, 0.05) is 36.1 Å². The summed E-state index contributed by atoms with van der Waals surface area (Å²) in [6.07, 6.45) is -1.40. The fourth-order valence-corrected chi connectivity index (χ4v) is 6.90. The molecule has 43 heavy (non-hydrogen) atoms. The van der Waals surface area contributed by atoms with E-state index in [1.165, 1.54) is 21.9 Å². The number of aryl methyl sites for hydroxylation is 1. The van der Waals surface area contributed by atoms with Gasteiger partial charge in [-0.1, -0.05) is 38.5 Å². The highest BCUT2D eigenvalue weighted by atomic mass is 19.4. The Morgan fingerprint density at radius 1 is 1.09 bits per heavy atom. The summed E-state index contributed by atoms with van der Waals surface area (Å²) in [6.45, 7) is 3.91. The molecule has 3 aliphatic heterocycles. The number of nitrogens with one attached hydrogen (secondary N) is 2. The van der Waals surface area contributed by atoms with Crippen molar-refractivity contribution in [2.45, 2.75) is 69.6 Å². The highest BCUT2D eigenvalue weighted by Gasteiger charge is 2.57. The normalized spacial score (nSPS) is 24.3. The second kappa shape index (κ2) is 10.4. The number of fused-ring (bicyclic) bond motifs is 3. The van der Waals surface area contributed by atoms with E-state index in [0.717, 1.165) is 42.5 Å². The Kier molecular flexibility index (Phi) is 6.98. The lowest BCUT2D eigenvalue weighted by molar-refractivity contribution is -0.138. The predicted molar refractivity (Wildman–Crippen MR) is 153 cm³/mol. The Bertz CT molecular complexity index is 1670. The number of carbonyl (C=O) groups is 3. The molecule has 2 aromatic carbocycles. The molecule has 224 valence electrons. The summed E-state index contributed by atoms with van der Waals surface area (Å²) in [5.74, 6) is -1.51. The number of hydrogen-bond acceptors (Lipinski definition) is 4. The molecule has 3 aliphatic rings. The van der Waals surface area contributed by atoms with Gasteiger partial charge < -0.3 is 20.1 Å². The largest absolute Gasteiger partial charge is 0.416 e. The van der Waals surface area contributed by atoms with Crippen molar-refractivity contribution in [1.29, 1.82) is 5.26 Å². The van der Waals surface area contributed by atoms with Crippen LogP contribution in [0.3, 0.4) is 0 Å². The molecule has 1 spiro atoms. The minimum absolute atomic E-state index is 0.0181. The first-order valence-corrected chi connectivity index (χ1v) is 14.6. The molecule has 3 aromatic rings. The predicted octanol–water partition coefficient (Wildman–Crippen LogP) is 5.39. The number of hydrogen-bond donors (Lipinski definition) is 2. The molecule has 1 fully saturated rings. The third kappa shape index (κ3) is 4.82. The summed E-state index contributed by atoms with van der Waals surface area (Å²) in [5.41, 5.74) is 0.916. The van der Waals surface area contributed by atoms with Gasteiger partial charge in [-0.15, -0.1) is 0 Å². The fraction of sp³-hybridized carbons (Fsp3) is 0.438. The first-order valence-electron chi connectivity index (χ1n) is 14.6. The van der Waals surface area contributed by atoms with Gasteiger partial charge in [-0.3, -0.25) is 14.4 Å². The van der Waals surface area contributed by atoms with E-state index >= 15 is 0 Å². The van der Waals surface area contributed by atoms with Crippen LogP contribution in [0, 0.1) is 17.2 Å². The molecule has 0 unspecified atom stereocenters. The quantitative estimate of drug-likeness (QED) is 0.416. The number of benzene rings is 2. The Labute approximate surface area is 246 Å². The third-order valence-electron chi connectivity index (χ3n) is 9.10. The van der Waals surface area contributed by atoms with E-state index in [2.05, 4.69) is 16.4 Å². The lowest BCUT2D eigenvalue weighted by Crippen LogP contribution is -2.55. The lowest BCUT2D eigenvalue weighted by atomic mass is 9.79. The molecule has 0 radical (unpaired) electrons. The average molecular weight is 592 g/mol. The van der Waals surface area contributed by atoms with Gasteiger partial charge in [0.1, 0.15) is 17.8 Å². The van der Waals surface area contributed by atoms with Crippen LogP contribution in [0.2, 0.25) is 0 Å². The van der Waals surface area contributed by atoms with Crippen LogP contribution < -0.4 is 5.32 Å². The second-order valence-electron chi connectivity index (χ2n) is 12.2. The standard InChI is InChI=1S/C32H32F3N5O3/c1-18(2)27-29(42)40-17-31(15-22(40)16-36)23-12-19(7-10-24(23)38-30(31)43)6-4-3-5-11-39(27)28(41)26-13-20-8-9-21(32(33,34)35)14-25(20)37-26/h7-10,12-14,18,22,27,37H,3-6,11,15,17H2,1-2H3,(H,38,43)/t22-,27-,31-/m0/s1. The van der Waals surface area contributed by atoms with E-state index in [1.807, 2.05) is 32.0 Å². The number of carbonyl (C=O) groups excluding carboxylic acids is 3. The molecule has 4 bridgehead atoms. The number of aromatic nitrogens is 1.